The van der Waals surface area contributed by atoms with E-state index in [0.717, 1.165) is 55.3 Å². The van der Waals surface area contributed by atoms with Crippen LogP contribution >= 0.6 is 11.3 Å². The summed E-state index contributed by atoms with van der Waals surface area (Å²) in [6.45, 7) is 0. The number of rotatable bonds is 6. The van der Waals surface area contributed by atoms with Crippen LogP contribution in [0.15, 0.2) is 211 Å². The van der Waals surface area contributed by atoms with Crippen LogP contribution < -0.4 is 0 Å². The first-order valence-corrected chi connectivity index (χ1v) is 21.9. The number of fused-ring (bicyclic) bond motifs is 9. The molecule has 9 aromatic carbocycles. The summed E-state index contributed by atoms with van der Waals surface area (Å²) >= 11 is 1.79. The highest BCUT2D eigenvalue weighted by molar-refractivity contribution is 7.25. The number of hydrogen-bond acceptors (Lipinski definition) is 5. The standard InChI is InChI=1S/C57H34N4OS/c1-3-13-35(14-4-1)37-17-11-18-38(31-37)39-27-30-52-47(32-39)45-29-26-41(34-53(45)63-52)57-59-55(36-15-5-2-6-16-36)58-56(60-57)40-25-28-44-46-21-12-24-50(54(46)62-51(44)33-40)61-48-22-9-7-19-42(48)43-20-8-10-23-49(43)61/h1-34H. The number of benzene rings is 9. The quantitative estimate of drug-likeness (QED) is 0.168. The fourth-order valence-electron chi connectivity index (χ4n) is 9.24. The topological polar surface area (TPSA) is 56.7 Å². The van der Waals surface area contributed by atoms with Crippen molar-refractivity contribution in [1.29, 1.82) is 0 Å². The third-order valence-electron chi connectivity index (χ3n) is 12.3. The number of thiophene rings is 1. The van der Waals surface area contributed by atoms with Gasteiger partial charge in [-0.3, -0.25) is 0 Å². The maximum atomic E-state index is 6.85. The summed E-state index contributed by atoms with van der Waals surface area (Å²) in [4.78, 5) is 15.3. The first-order chi connectivity index (χ1) is 31.2. The second kappa shape index (κ2) is 14.2. The Morgan fingerprint density at radius 2 is 0.873 bits per heavy atom. The third-order valence-corrected chi connectivity index (χ3v) is 13.4. The van der Waals surface area contributed by atoms with Crippen molar-refractivity contribution in [2.45, 2.75) is 0 Å². The van der Waals surface area contributed by atoms with Gasteiger partial charge in [0.1, 0.15) is 5.58 Å². The summed E-state index contributed by atoms with van der Waals surface area (Å²) in [6.07, 6.45) is 0. The van der Waals surface area contributed by atoms with Crippen LogP contribution in [0.5, 0.6) is 0 Å². The molecule has 0 fully saturated rings. The van der Waals surface area contributed by atoms with Gasteiger partial charge in [0.2, 0.25) is 0 Å². The second-order valence-corrected chi connectivity index (χ2v) is 17.1. The summed E-state index contributed by atoms with van der Waals surface area (Å²) in [7, 11) is 0. The number of hydrogen-bond donors (Lipinski definition) is 0. The van der Waals surface area contributed by atoms with Gasteiger partial charge < -0.3 is 8.98 Å². The van der Waals surface area contributed by atoms with Crippen molar-refractivity contribution in [2.75, 3.05) is 0 Å². The summed E-state index contributed by atoms with van der Waals surface area (Å²) < 4.78 is 11.6. The smallest absolute Gasteiger partial charge is 0.164 e. The number of nitrogens with zero attached hydrogens (tertiary/aromatic N) is 4. The van der Waals surface area contributed by atoms with Gasteiger partial charge >= 0.3 is 0 Å². The van der Waals surface area contributed by atoms with Gasteiger partial charge in [-0.15, -0.1) is 11.3 Å². The van der Waals surface area contributed by atoms with E-state index in [1.807, 2.05) is 30.3 Å². The zero-order valence-corrected chi connectivity index (χ0v) is 34.6. The van der Waals surface area contributed by atoms with Gasteiger partial charge in [0.05, 0.1) is 16.7 Å². The normalized spacial score (nSPS) is 11.8. The second-order valence-electron chi connectivity index (χ2n) is 16.0. The van der Waals surface area contributed by atoms with Crippen molar-refractivity contribution in [3.05, 3.63) is 206 Å². The Labute approximate surface area is 365 Å². The first-order valence-electron chi connectivity index (χ1n) is 21.1. The Balaban J connectivity index is 0.916. The molecule has 0 radical (unpaired) electrons. The molecule has 13 rings (SSSR count). The third kappa shape index (κ3) is 5.87. The molecule has 0 bridgehead atoms. The van der Waals surface area contributed by atoms with E-state index in [1.165, 1.54) is 53.2 Å². The lowest BCUT2D eigenvalue weighted by Crippen LogP contribution is -2.00. The molecule has 0 aliphatic heterocycles. The SMILES string of the molecule is c1ccc(-c2cccc(-c3ccc4sc5cc(-c6nc(-c7ccccc7)nc(-c7ccc8c(c7)oc7c(-n9c%10ccccc%10c%10ccccc%109)cccc78)n6)ccc5c4c3)c2)cc1. The van der Waals surface area contributed by atoms with Gasteiger partial charge in [-0.2, -0.15) is 0 Å². The van der Waals surface area contributed by atoms with E-state index in [-0.39, 0.29) is 0 Å². The minimum Gasteiger partial charge on any atom is -0.454 e. The van der Waals surface area contributed by atoms with Crippen molar-refractivity contribution in [1.82, 2.24) is 19.5 Å². The van der Waals surface area contributed by atoms with Crippen molar-refractivity contribution in [3.63, 3.8) is 0 Å². The minimum absolute atomic E-state index is 0.586. The van der Waals surface area contributed by atoms with Crippen molar-refractivity contribution in [2.24, 2.45) is 0 Å². The molecular formula is C57H34N4OS. The molecule has 0 unspecified atom stereocenters. The number of aromatic nitrogens is 4. The monoisotopic (exact) mass is 822 g/mol. The summed E-state index contributed by atoms with van der Waals surface area (Å²) in [5.41, 5.74) is 12.4. The fourth-order valence-corrected chi connectivity index (χ4v) is 10.4. The molecule has 13 aromatic rings. The van der Waals surface area contributed by atoms with Crippen LogP contribution in [0.4, 0.5) is 0 Å². The molecule has 0 saturated carbocycles. The van der Waals surface area contributed by atoms with Crippen LogP contribution in [0.3, 0.4) is 0 Å². The highest BCUT2D eigenvalue weighted by Crippen LogP contribution is 2.41. The van der Waals surface area contributed by atoms with Crippen LogP contribution in [0.2, 0.25) is 0 Å². The highest BCUT2D eigenvalue weighted by atomic mass is 32.1. The largest absolute Gasteiger partial charge is 0.454 e. The first kappa shape index (κ1) is 35.6. The highest BCUT2D eigenvalue weighted by Gasteiger charge is 2.20. The van der Waals surface area contributed by atoms with Crippen LogP contribution in [0.25, 0.3) is 126 Å². The van der Waals surface area contributed by atoms with Crippen LogP contribution in [-0.2, 0) is 0 Å². The molecule has 4 heterocycles. The van der Waals surface area contributed by atoms with Crippen LogP contribution in [-0.4, -0.2) is 19.5 Å². The van der Waals surface area contributed by atoms with Gasteiger partial charge in [0, 0.05) is 58.4 Å². The van der Waals surface area contributed by atoms with Crippen LogP contribution in [0.1, 0.15) is 0 Å². The number of para-hydroxylation sites is 3. The molecule has 0 atom stereocenters. The van der Waals surface area contributed by atoms with Crippen molar-refractivity contribution < 1.29 is 4.42 Å². The molecule has 294 valence electrons. The molecule has 63 heavy (non-hydrogen) atoms. The fraction of sp³-hybridized carbons (Fsp3) is 0. The predicted molar refractivity (Wildman–Crippen MR) is 262 cm³/mol. The zero-order valence-electron chi connectivity index (χ0n) is 33.7. The molecule has 0 saturated heterocycles. The van der Waals surface area contributed by atoms with Gasteiger partial charge in [0.15, 0.2) is 23.1 Å². The molecule has 0 aliphatic rings. The molecule has 4 aromatic heterocycles. The Bertz CT molecular complexity index is 3870. The average molecular weight is 823 g/mol. The van der Waals surface area contributed by atoms with Gasteiger partial charge in [-0.05, 0) is 76.9 Å². The van der Waals surface area contributed by atoms with E-state index < -0.39 is 0 Å². The predicted octanol–water partition coefficient (Wildman–Crippen LogP) is 15.6. The van der Waals surface area contributed by atoms with Gasteiger partial charge in [0.25, 0.3) is 0 Å². The number of furan rings is 1. The van der Waals surface area contributed by atoms with E-state index in [1.54, 1.807) is 11.3 Å². The van der Waals surface area contributed by atoms with Crippen molar-refractivity contribution >= 4 is 75.3 Å². The lowest BCUT2D eigenvalue weighted by Gasteiger charge is -2.09. The Morgan fingerprint density at radius 3 is 1.60 bits per heavy atom. The molecular weight excluding hydrogens is 789 g/mol. The maximum Gasteiger partial charge on any atom is 0.164 e. The van der Waals surface area contributed by atoms with Gasteiger partial charge in [-0.1, -0.05) is 152 Å². The summed E-state index contributed by atoms with van der Waals surface area (Å²) in [5.74, 6) is 1.82. The average Bonchev–Trinajstić information content (AvgIpc) is 4.03. The Hall–Kier alpha value is -8.19. The Kier molecular flexibility index (Phi) is 8.01. The van der Waals surface area contributed by atoms with E-state index in [2.05, 4.69) is 180 Å². The maximum absolute atomic E-state index is 6.85. The van der Waals surface area contributed by atoms with E-state index in [4.69, 9.17) is 19.4 Å². The van der Waals surface area contributed by atoms with Crippen molar-refractivity contribution in [3.8, 4) is 62.1 Å². The van der Waals surface area contributed by atoms with Gasteiger partial charge in [-0.25, -0.2) is 15.0 Å². The summed E-state index contributed by atoms with van der Waals surface area (Å²) in [6, 6.07) is 72.7. The summed E-state index contributed by atoms with van der Waals surface area (Å²) in [5, 5.41) is 6.98. The molecule has 0 N–H and O–H groups in total. The Morgan fingerprint density at radius 1 is 0.333 bits per heavy atom. The lowest BCUT2D eigenvalue weighted by molar-refractivity contribution is 0.666. The molecule has 0 amide bonds. The molecule has 5 nitrogen and oxygen atoms in total. The molecule has 6 heteroatoms. The minimum atomic E-state index is 0.586. The zero-order chi connectivity index (χ0) is 41.4. The van der Waals surface area contributed by atoms with E-state index in [0.29, 0.717) is 17.5 Å². The molecule has 0 aliphatic carbocycles. The van der Waals surface area contributed by atoms with E-state index in [9.17, 15) is 0 Å². The van der Waals surface area contributed by atoms with E-state index >= 15 is 0 Å². The lowest BCUT2D eigenvalue weighted by atomic mass is 9.98. The molecule has 0 spiro atoms. The van der Waals surface area contributed by atoms with Crippen LogP contribution in [0, 0.1) is 0 Å².